The van der Waals surface area contributed by atoms with Crippen LogP contribution in [0.25, 0.3) is 0 Å². The largest absolute Gasteiger partial charge is 0.389 e. The van der Waals surface area contributed by atoms with E-state index in [0.717, 1.165) is 5.56 Å². The molecule has 0 saturated heterocycles. The van der Waals surface area contributed by atoms with Crippen LogP contribution in [0, 0.1) is 11.6 Å². The summed E-state index contributed by atoms with van der Waals surface area (Å²) in [5.41, 5.74) is 0.276. The van der Waals surface area contributed by atoms with Crippen molar-refractivity contribution in [2.75, 3.05) is 0 Å². The Balaban J connectivity index is 2.14. The van der Waals surface area contributed by atoms with Crippen LogP contribution in [-0.4, -0.2) is 10.7 Å². The van der Waals surface area contributed by atoms with E-state index in [-0.39, 0.29) is 17.3 Å². The molecule has 106 valence electrons. The summed E-state index contributed by atoms with van der Waals surface area (Å²) in [5, 5.41) is 10.5. The molecule has 0 aliphatic carbocycles. The standard InChI is InChI=1S/C16H15ClF2O/c1-16(20,9-11-5-7-13(18)8-6-11)10-12-3-2-4-14(19)15(12)17/h2-8,20H,9-10H2,1H3. The second-order valence-corrected chi connectivity index (χ2v) is 5.57. The molecule has 2 rings (SSSR count). The first-order valence-electron chi connectivity index (χ1n) is 6.27. The molecule has 2 aromatic carbocycles. The van der Waals surface area contributed by atoms with Crippen LogP contribution in [0.4, 0.5) is 8.78 Å². The predicted octanol–water partition coefficient (Wildman–Crippen LogP) is 4.15. The van der Waals surface area contributed by atoms with Crippen LogP contribution in [-0.2, 0) is 12.8 Å². The van der Waals surface area contributed by atoms with E-state index in [4.69, 9.17) is 11.6 Å². The summed E-state index contributed by atoms with van der Waals surface area (Å²) in [5.74, 6) is -0.816. The minimum atomic E-state index is -1.09. The quantitative estimate of drug-likeness (QED) is 0.898. The van der Waals surface area contributed by atoms with Gasteiger partial charge in [0.15, 0.2) is 0 Å². The molecule has 0 bridgehead atoms. The van der Waals surface area contributed by atoms with Crippen molar-refractivity contribution in [3.05, 3.63) is 70.2 Å². The minimum Gasteiger partial charge on any atom is -0.389 e. The molecule has 1 atom stereocenters. The first-order chi connectivity index (χ1) is 9.37. The average molecular weight is 297 g/mol. The molecular weight excluding hydrogens is 282 g/mol. The number of aliphatic hydroxyl groups is 1. The van der Waals surface area contributed by atoms with Crippen molar-refractivity contribution in [3.63, 3.8) is 0 Å². The zero-order chi connectivity index (χ0) is 14.8. The van der Waals surface area contributed by atoms with Crippen molar-refractivity contribution in [2.45, 2.75) is 25.4 Å². The van der Waals surface area contributed by atoms with Gasteiger partial charge in [-0.25, -0.2) is 8.78 Å². The molecule has 20 heavy (non-hydrogen) atoms. The highest BCUT2D eigenvalue weighted by Crippen LogP contribution is 2.26. The van der Waals surface area contributed by atoms with Gasteiger partial charge >= 0.3 is 0 Å². The Morgan fingerprint density at radius 1 is 1.05 bits per heavy atom. The fourth-order valence-corrected chi connectivity index (χ4v) is 2.39. The van der Waals surface area contributed by atoms with Gasteiger partial charge < -0.3 is 5.11 Å². The molecule has 0 aromatic heterocycles. The van der Waals surface area contributed by atoms with Crippen LogP contribution in [0.1, 0.15) is 18.1 Å². The Hall–Kier alpha value is -1.45. The lowest BCUT2D eigenvalue weighted by molar-refractivity contribution is 0.0608. The fraction of sp³-hybridized carbons (Fsp3) is 0.250. The highest BCUT2D eigenvalue weighted by Gasteiger charge is 2.23. The van der Waals surface area contributed by atoms with E-state index < -0.39 is 11.4 Å². The molecule has 0 spiro atoms. The number of halogens is 3. The van der Waals surface area contributed by atoms with Crippen molar-refractivity contribution in [1.29, 1.82) is 0 Å². The van der Waals surface area contributed by atoms with Crippen LogP contribution < -0.4 is 0 Å². The molecule has 0 radical (unpaired) electrons. The Bertz CT molecular complexity index is 594. The normalized spacial score (nSPS) is 14.1. The molecule has 0 saturated carbocycles. The van der Waals surface area contributed by atoms with Gasteiger partial charge in [-0.15, -0.1) is 0 Å². The highest BCUT2D eigenvalue weighted by atomic mass is 35.5. The van der Waals surface area contributed by atoms with E-state index in [0.29, 0.717) is 12.0 Å². The second kappa shape index (κ2) is 5.90. The van der Waals surface area contributed by atoms with Crippen LogP contribution in [0.2, 0.25) is 5.02 Å². The molecule has 0 heterocycles. The molecule has 0 aliphatic rings. The summed E-state index contributed by atoms with van der Waals surface area (Å²) in [4.78, 5) is 0. The summed E-state index contributed by atoms with van der Waals surface area (Å²) in [6.07, 6.45) is 0.557. The zero-order valence-corrected chi connectivity index (χ0v) is 11.8. The highest BCUT2D eigenvalue weighted by molar-refractivity contribution is 6.31. The van der Waals surface area contributed by atoms with Gasteiger partial charge in [0.1, 0.15) is 11.6 Å². The monoisotopic (exact) mass is 296 g/mol. The predicted molar refractivity (Wildman–Crippen MR) is 75.8 cm³/mol. The summed E-state index contributed by atoms with van der Waals surface area (Å²) in [7, 11) is 0. The molecule has 0 aliphatic heterocycles. The van der Waals surface area contributed by atoms with Gasteiger partial charge in [-0.05, 0) is 36.2 Å². The molecule has 0 amide bonds. The number of hydrogen-bond acceptors (Lipinski definition) is 1. The van der Waals surface area contributed by atoms with E-state index in [1.54, 1.807) is 31.2 Å². The Kier molecular flexibility index (Phi) is 4.41. The van der Waals surface area contributed by atoms with Crippen LogP contribution in [0.15, 0.2) is 42.5 Å². The first kappa shape index (κ1) is 14.9. The van der Waals surface area contributed by atoms with Gasteiger partial charge in [0.2, 0.25) is 0 Å². The van der Waals surface area contributed by atoms with Crippen molar-refractivity contribution in [1.82, 2.24) is 0 Å². The first-order valence-corrected chi connectivity index (χ1v) is 6.65. The van der Waals surface area contributed by atoms with E-state index in [1.165, 1.54) is 18.2 Å². The van der Waals surface area contributed by atoms with Crippen molar-refractivity contribution in [2.24, 2.45) is 0 Å². The third kappa shape index (κ3) is 3.78. The molecule has 1 N–H and O–H groups in total. The maximum Gasteiger partial charge on any atom is 0.142 e. The lowest BCUT2D eigenvalue weighted by Crippen LogP contribution is -2.30. The van der Waals surface area contributed by atoms with Gasteiger partial charge in [0.25, 0.3) is 0 Å². The summed E-state index contributed by atoms with van der Waals surface area (Å²) in [6, 6.07) is 10.5. The number of rotatable bonds is 4. The Morgan fingerprint density at radius 3 is 2.35 bits per heavy atom. The van der Waals surface area contributed by atoms with Crippen molar-refractivity contribution in [3.8, 4) is 0 Å². The van der Waals surface area contributed by atoms with E-state index >= 15 is 0 Å². The molecule has 1 unspecified atom stereocenters. The number of benzene rings is 2. The summed E-state index contributed by atoms with van der Waals surface area (Å²) < 4.78 is 26.2. The van der Waals surface area contributed by atoms with Gasteiger partial charge in [0, 0.05) is 12.8 Å². The Labute approximate surface area is 121 Å². The van der Waals surface area contributed by atoms with Gasteiger partial charge in [0.05, 0.1) is 10.6 Å². The molecule has 2 aromatic rings. The lowest BCUT2D eigenvalue weighted by atomic mass is 9.90. The smallest absolute Gasteiger partial charge is 0.142 e. The van der Waals surface area contributed by atoms with E-state index in [9.17, 15) is 13.9 Å². The SMILES string of the molecule is CC(O)(Cc1ccc(F)cc1)Cc1cccc(F)c1Cl. The van der Waals surface area contributed by atoms with Crippen LogP contribution >= 0.6 is 11.6 Å². The third-order valence-electron chi connectivity index (χ3n) is 3.10. The van der Waals surface area contributed by atoms with Gasteiger partial charge in [-0.2, -0.15) is 0 Å². The Morgan fingerprint density at radius 2 is 1.70 bits per heavy atom. The summed E-state index contributed by atoms with van der Waals surface area (Å²) in [6.45, 7) is 1.65. The molecule has 4 heteroatoms. The van der Waals surface area contributed by atoms with Gasteiger partial charge in [-0.1, -0.05) is 35.9 Å². The minimum absolute atomic E-state index is 0.0341. The maximum absolute atomic E-state index is 13.4. The second-order valence-electron chi connectivity index (χ2n) is 5.19. The topological polar surface area (TPSA) is 20.2 Å². The fourth-order valence-electron chi connectivity index (χ4n) is 2.20. The zero-order valence-electron chi connectivity index (χ0n) is 11.0. The maximum atomic E-state index is 13.4. The third-order valence-corrected chi connectivity index (χ3v) is 3.52. The van der Waals surface area contributed by atoms with Crippen molar-refractivity contribution >= 4 is 11.6 Å². The van der Waals surface area contributed by atoms with Crippen molar-refractivity contribution < 1.29 is 13.9 Å². The van der Waals surface area contributed by atoms with E-state index in [2.05, 4.69) is 0 Å². The van der Waals surface area contributed by atoms with E-state index in [1.807, 2.05) is 0 Å². The lowest BCUT2D eigenvalue weighted by Gasteiger charge is -2.24. The molecule has 0 fully saturated rings. The van der Waals surface area contributed by atoms with Crippen LogP contribution in [0.3, 0.4) is 0 Å². The number of hydrogen-bond donors (Lipinski definition) is 1. The van der Waals surface area contributed by atoms with Gasteiger partial charge in [-0.3, -0.25) is 0 Å². The van der Waals surface area contributed by atoms with Crippen LogP contribution in [0.5, 0.6) is 0 Å². The summed E-state index contributed by atoms with van der Waals surface area (Å²) >= 11 is 5.89. The molecule has 1 nitrogen and oxygen atoms in total. The molecular formula is C16H15ClF2O. The average Bonchev–Trinajstić information content (AvgIpc) is 2.37.